The molecule has 0 atom stereocenters. The normalized spacial score (nSPS) is 12.3. The van der Waals surface area contributed by atoms with Gasteiger partial charge in [-0.2, -0.15) is 0 Å². The summed E-state index contributed by atoms with van der Waals surface area (Å²) in [6.45, 7) is 2.26. The highest BCUT2D eigenvalue weighted by Gasteiger charge is 2.31. The van der Waals surface area contributed by atoms with Crippen LogP contribution in [0.1, 0.15) is 31.7 Å². The number of rotatable bonds is 8. The highest BCUT2D eigenvalue weighted by molar-refractivity contribution is 6.74. The first-order valence-corrected chi connectivity index (χ1v) is 22.0. The Morgan fingerprint density at radius 2 is 1.24 bits per heavy atom. The Balaban J connectivity index is 1.12. The van der Waals surface area contributed by atoms with Crippen molar-refractivity contribution in [1.29, 1.82) is 0 Å². The summed E-state index contributed by atoms with van der Waals surface area (Å²) in [6, 6.07) is 62.0. The molecule has 0 fully saturated rings. The zero-order chi connectivity index (χ0) is 40.9. The average Bonchev–Trinajstić information content (AvgIpc) is 3.99. The largest absolute Gasteiger partial charge is 0.456 e. The molecule has 4 heterocycles. The second kappa shape index (κ2) is 13.8. The lowest BCUT2D eigenvalue weighted by atomic mass is 9.58. The van der Waals surface area contributed by atoms with E-state index in [2.05, 4.69) is 181 Å². The molecule has 12 aromatic rings. The van der Waals surface area contributed by atoms with Gasteiger partial charge in [-0.1, -0.05) is 128 Å². The van der Waals surface area contributed by atoms with E-state index in [4.69, 9.17) is 8.83 Å². The van der Waals surface area contributed by atoms with Crippen molar-refractivity contribution in [3.63, 3.8) is 0 Å². The molecule has 0 spiro atoms. The molecule has 4 nitrogen and oxygen atoms in total. The third kappa shape index (κ3) is 5.34. The van der Waals surface area contributed by atoms with Crippen molar-refractivity contribution in [2.75, 3.05) is 5.32 Å². The Morgan fingerprint density at radius 1 is 0.532 bits per heavy atom. The molecule has 1 aliphatic heterocycles. The van der Waals surface area contributed by atoms with Gasteiger partial charge in [0.25, 0.3) is 0 Å². The molecule has 9 aromatic carbocycles. The van der Waals surface area contributed by atoms with Crippen LogP contribution in [-0.4, -0.2) is 11.8 Å². The van der Waals surface area contributed by atoms with Gasteiger partial charge in [0.1, 0.15) is 22.3 Å². The minimum Gasteiger partial charge on any atom is -0.456 e. The minimum absolute atomic E-state index is 0.756. The van der Waals surface area contributed by atoms with Crippen molar-refractivity contribution in [2.45, 2.75) is 32.6 Å². The van der Waals surface area contributed by atoms with E-state index in [0.29, 0.717) is 0 Å². The quantitative estimate of drug-likeness (QED) is 0.123. The molecule has 0 aliphatic carbocycles. The number of furan rings is 2. The third-order valence-corrected chi connectivity index (χ3v) is 13.4. The molecular formula is C57H41BN2O2. The average molecular weight is 797 g/mol. The monoisotopic (exact) mass is 796 g/mol. The number of nitrogens with one attached hydrogen (secondary N) is 1. The van der Waals surface area contributed by atoms with Gasteiger partial charge in [-0.15, -0.1) is 0 Å². The fourth-order valence-electron chi connectivity index (χ4n) is 10.5. The molecule has 0 bridgehead atoms. The highest BCUT2D eigenvalue weighted by Crippen LogP contribution is 2.46. The summed E-state index contributed by atoms with van der Waals surface area (Å²) in [5, 5.41) is 13.4. The number of unbranched alkanes of at least 4 members (excludes halogenated alkanes) is 2. The fraction of sp³-hybridized carbons (Fsp3) is 0.0877. The van der Waals surface area contributed by atoms with Gasteiger partial charge < -0.3 is 18.7 Å². The highest BCUT2D eigenvalue weighted by atomic mass is 16.3. The second-order valence-electron chi connectivity index (χ2n) is 17.1. The van der Waals surface area contributed by atoms with Gasteiger partial charge in [0.05, 0.1) is 5.52 Å². The summed E-state index contributed by atoms with van der Waals surface area (Å²) < 4.78 is 15.7. The van der Waals surface area contributed by atoms with Crippen LogP contribution in [0.5, 0.6) is 0 Å². The van der Waals surface area contributed by atoms with Gasteiger partial charge >= 0.3 is 0 Å². The van der Waals surface area contributed by atoms with Crippen LogP contribution in [0.3, 0.4) is 0 Å². The van der Waals surface area contributed by atoms with Crippen molar-refractivity contribution in [1.82, 2.24) is 4.57 Å². The predicted octanol–water partition coefficient (Wildman–Crippen LogP) is 14.2. The molecule has 3 aromatic heterocycles. The van der Waals surface area contributed by atoms with E-state index < -0.39 is 0 Å². The fourth-order valence-corrected chi connectivity index (χ4v) is 10.5. The van der Waals surface area contributed by atoms with Crippen LogP contribution in [0.2, 0.25) is 0 Å². The summed E-state index contributed by atoms with van der Waals surface area (Å²) in [5.41, 5.74) is 18.1. The number of aryl methyl sites for hydroxylation is 1. The van der Waals surface area contributed by atoms with Gasteiger partial charge in [-0.05, 0) is 118 Å². The summed E-state index contributed by atoms with van der Waals surface area (Å²) in [6.07, 6.45) is 4.83. The lowest BCUT2D eigenvalue weighted by Gasteiger charge is -2.25. The van der Waals surface area contributed by atoms with E-state index in [1.807, 2.05) is 6.07 Å². The Bertz CT molecular complexity index is 3770. The maximum atomic E-state index is 6.57. The number of benzene rings is 9. The maximum absolute atomic E-state index is 6.57. The van der Waals surface area contributed by atoms with E-state index in [9.17, 15) is 0 Å². The van der Waals surface area contributed by atoms with Gasteiger partial charge in [0.15, 0.2) is 7.28 Å². The lowest BCUT2D eigenvalue weighted by molar-refractivity contribution is 0.669. The van der Waals surface area contributed by atoms with Crippen molar-refractivity contribution in [3.8, 4) is 27.9 Å². The number of anilines is 2. The van der Waals surface area contributed by atoms with Crippen LogP contribution in [0, 0.1) is 0 Å². The van der Waals surface area contributed by atoms with Crippen LogP contribution in [0.4, 0.5) is 11.4 Å². The molecule has 0 radical (unpaired) electrons. The molecule has 13 rings (SSSR count). The molecule has 1 aliphatic rings. The summed E-state index contributed by atoms with van der Waals surface area (Å²) >= 11 is 0. The molecule has 62 heavy (non-hydrogen) atoms. The zero-order valence-corrected chi connectivity index (χ0v) is 34.5. The van der Waals surface area contributed by atoms with Crippen LogP contribution >= 0.6 is 0 Å². The maximum Gasteiger partial charge on any atom is 0.198 e. The first-order chi connectivity index (χ1) is 30.7. The van der Waals surface area contributed by atoms with Crippen molar-refractivity contribution in [3.05, 3.63) is 175 Å². The standard InChI is InChI=1S/C57H41BN2O2/c1-2-3-4-13-34-22-26-37(27-23-34)59-47-19-10-7-16-39(47)45-31-43(36-24-28-42-40-17-8-11-20-50(40)61-52(42)30-36)55-54-38-15-6-5-14-35(38)25-29-48(54)60-49-32-44-41-18-9-12-21-51(41)62-53(44)33-46(49)58-56(45)57(55)60/h5-12,14-33,58-59H,2-4,13H2,1H3. The Labute approximate surface area is 359 Å². The van der Waals surface area contributed by atoms with Crippen molar-refractivity contribution < 1.29 is 8.83 Å². The van der Waals surface area contributed by atoms with E-state index in [0.717, 1.165) is 80.1 Å². The van der Waals surface area contributed by atoms with Crippen LogP contribution in [0.25, 0.3) is 104 Å². The molecule has 0 saturated heterocycles. The lowest BCUT2D eigenvalue weighted by Crippen LogP contribution is -2.37. The molecule has 0 amide bonds. The van der Waals surface area contributed by atoms with Crippen LogP contribution < -0.4 is 16.2 Å². The Hall–Kier alpha value is -7.50. The van der Waals surface area contributed by atoms with Crippen molar-refractivity contribution >= 4 is 106 Å². The number of hydrogen-bond acceptors (Lipinski definition) is 3. The number of para-hydroxylation sites is 3. The Kier molecular flexibility index (Phi) is 7.83. The van der Waals surface area contributed by atoms with Gasteiger partial charge in [0.2, 0.25) is 0 Å². The molecule has 294 valence electrons. The number of hydrogen-bond donors (Lipinski definition) is 1. The molecule has 0 unspecified atom stereocenters. The predicted molar refractivity (Wildman–Crippen MR) is 263 cm³/mol. The number of aromatic nitrogens is 1. The van der Waals surface area contributed by atoms with Crippen LogP contribution in [0.15, 0.2) is 179 Å². The second-order valence-corrected chi connectivity index (χ2v) is 17.1. The molecule has 1 N–H and O–H groups in total. The Morgan fingerprint density at radius 3 is 2.06 bits per heavy atom. The summed E-state index contributed by atoms with van der Waals surface area (Å²) in [7, 11) is 0.756. The van der Waals surface area contributed by atoms with E-state index in [1.54, 1.807) is 0 Å². The van der Waals surface area contributed by atoms with Crippen molar-refractivity contribution in [2.24, 2.45) is 0 Å². The van der Waals surface area contributed by atoms with Crippen LogP contribution in [-0.2, 0) is 6.42 Å². The van der Waals surface area contributed by atoms with E-state index >= 15 is 0 Å². The SMILES string of the molecule is CCCCCc1ccc(Nc2ccccc2-c2cc(-c3ccc4c(c3)oc3ccccc34)c3c4c5ccccc5ccc4n4c3c2Bc2cc3oc5ccccc5c3cc2-4)cc1. The van der Waals surface area contributed by atoms with Gasteiger partial charge in [0, 0.05) is 60.5 Å². The zero-order valence-electron chi connectivity index (χ0n) is 34.5. The van der Waals surface area contributed by atoms with E-state index in [-0.39, 0.29) is 0 Å². The first kappa shape index (κ1) is 35.3. The number of fused-ring (bicyclic) bond motifs is 13. The number of nitrogens with zero attached hydrogens (tertiary/aromatic N) is 1. The molecule has 0 saturated carbocycles. The summed E-state index contributed by atoms with van der Waals surface area (Å²) in [4.78, 5) is 0. The van der Waals surface area contributed by atoms with E-state index in [1.165, 1.54) is 85.1 Å². The topological polar surface area (TPSA) is 43.2 Å². The van der Waals surface area contributed by atoms with Gasteiger partial charge in [-0.25, -0.2) is 0 Å². The summed E-state index contributed by atoms with van der Waals surface area (Å²) in [5.74, 6) is 0. The van der Waals surface area contributed by atoms with Gasteiger partial charge in [-0.3, -0.25) is 0 Å². The molecular weight excluding hydrogens is 755 g/mol. The smallest absolute Gasteiger partial charge is 0.198 e. The third-order valence-electron chi connectivity index (χ3n) is 13.4. The first-order valence-electron chi connectivity index (χ1n) is 22.0. The minimum atomic E-state index is 0.756. The molecule has 5 heteroatoms.